The molecule has 1 aliphatic rings. The third-order valence-electron chi connectivity index (χ3n) is 5.43. The van der Waals surface area contributed by atoms with Gasteiger partial charge in [-0.3, -0.25) is 9.67 Å². The second kappa shape index (κ2) is 10.3. The molecule has 1 fully saturated rings. The van der Waals surface area contributed by atoms with E-state index in [-0.39, 0.29) is 0 Å². The molecule has 29 heavy (non-hydrogen) atoms. The van der Waals surface area contributed by atoms with Crippen LogP contribution < -0.4 is 5.32 Å². The Labute approximate surface area is 173 Å². The number of rotatable bonds is 10. The van der Waals surface area contributed by atoms with Gasteiger partial charge in [-0.15, -0.1) is 0 Å². The maximum atomic E-state index is 5.95. The van der Waals surface area contributed by atoms with Crippen molar-refractivity contribution in [3.8, 4) is 11.3 Å². The van der Waals surface area contributed by atoms with Gasteiger partial charge in [-0.25, -0.2) is 0 Å². The van der Waals surface area contributed by atoms with E-state index in [0.717, 1.165) is 43.9 Å². The minimum atomic E-state index is 0.503. The molecule has 5 heteroatoms. The van der Waals surface area contributed by atoms with E-state index in [0.29, 0.717) is 6.10 Å². The van der Waals surface area contributed by atoms with Gasteiger partial charge < -0.3 is 10.1 Å². The molecule has 0 radical (unpaired) electrons. The molecule has 1 aliphatic carbocycles. The molecule has 0 bridgehead atoms. The molecule has 4 rings (SSSR count). The Morgan fingerprint density at radius 3 is 2.72 bits per heavy atom. The summed E-state index contributed by atoms with van der Waals surface area (Å²) in [6.45, 7) is 3.36. The van der Waals surface area contributed by atoms with Crippen LogP contribution >= 0.6 is 0 Å². The Balaban J connectivity index is 1.35. The number of aromatic nitrogens is 3. The maximum Gasteiger partial charge on any atom is 0.0983 e. The van der Waals surface area contributed by atoms with Crippen LogP contribution in [0.1, 0.15) is 43.2 Å². The average molecular weight is 391 g/mol. The van der Waals surface area contributed by atoms with Gasteiger partial charge in [-0.2, -0.15) is 5.10 Å². The summed E-state index contributed by atoms with van der Waals surface area (Å²) >= 11 is 0. The van der Waals surface area contributed by atoms with Crippen molar-refractivity contribution in [1.29, 1.82) is 0 Å². The minimum Gasteiger partial charge on any atom is -0.378 e. The molecule has 3 aromatic rings. The quantitative estimate of drug-likeness (QED) is 0.520. The number of nitrogens with zero attached hydrogens (tertiary/aromatic N) is 3. The largest absolute Gasteiger partial charge is 0.378 e. The third-order valence-corrected chi connectivity index (χ3v) is 5.43. The topological polar surface area (TPSA) is 52.0 Å². The van der Waals surface area contributed by atoms with Gasteiger partial charge in [-0.1, -0.05) is 43.2 Å². The summed E-state index contributed by atoms with van der Waals surface area (Å²) in [7, 11) is 0. The van der Waals surface area contributed by atoms with Gasteiger partial charge in [0.1, 0.15) is 0 Å². The molecule has 0 unspecified atom stereocenters. The summed E-state index contributed by atoms with van der Waals surface area (Å²) < 4.78 is 7.98. The Kier molecular flexibility index (Phi) is 7.05. The number of hydrogen-bond acceptors (Lipinski definition) is 4. The van der Waals surface area contributed by atoms with Gasteiger partial charge in [-0.05, 0) is 43.5 Å². The van der Waals surface area contributed by atoms with Gasteiger partial charge in [0.15, 0.2) is 0 Å². The molecule has 2 aromatic heterocycles. The molecule has 5 nitrogen and oxygen atoms in total. The fourth-order valence-electron chi connectivity index (χ4n) is 3.91. The SMILES string of the molecule is c1ccc(Cn2cc(CNCCCOC3CCCC3)c(-c3cccnc3)n2)cc1. The predicted molar refractivity (Wildman–Crippen MR) is 116 cm³/mol. The molecule has 0 amide bonds. The molecule has 0 atom stereocenters. The van der Waals surface area contributed by atoms with Crippen molar-refractivity contribution in [3.05, 3.63) is 72.2 Å². The van der Waals surface area contributed by atoms with Crippen molar-refractivity contribution >= 4 is 0 Å². The maximum absolute atomic E-state index is 5.95. The van der Waals surface area contributed by atoms with Crippen molar-refractivity contribution < 1.29 is 4.74 Å². The van der Waals surface area contributed by atoms with Crippen LogP contribution in [0, 0.1) is 0 Å². The summed E-state index contributed by atoms with van der Waals surface area (Å²) in [4.78, 5) is 4.27. The van der Waals surface area contributed by atoms with E-state index in [2.05, 4.69) is 46.8 Å². The van der Waals surface area contributed by atoms with Crippen molar-refractivity contribution in [2.45, 2.75) is 51.3 Å². The molecule has 0 saturated heterocycles. The highest BCUT2D eigenvalue weighted by Gasteiger charge is 2.15. The van der Waals surface area contributed by atoms with Crippen LogP contribution in [-0.2, 0) is 17.8 Å². The Morgan fingerprint density at radius 2 is 1.93 bits per heavy atom. The molecule has 1 N–H and O–H groups in total. The second-order valence-electron chi connectivity index (χ2n) is 7.74. The van der Waals surface area contributed by atoms with Crippen LogP contribution in [-0.4, -0.2) is 34.0 Å². The van der Waals surface area contributed by atoms with Crippen LogP contribution in [0.4, 0.5) is 0 Å². The fraction of sp³-hybridized carbons (Fsp3) is 0.417. The smallest absolute Gasteiger partial charge is 0.0983 e. The standard InChI is InChI=1S/C24H30N4O/c1-2-8-20(9-3-1)18-28-19-22(24(27-28)21-10-6-13-25-16-21)17-26-14-7-15-29-23-11-4-5-12-23/h1-3,6,8-10,13,16,19,23,26H,4-5,7,11-12,14-15,17-18H2. The second-order valence-corrected chi connectivity index (χ2v) is 7.74. The highest BCUT2D eigenvalue weighted by atomic mass is 16.5. The lowest BCUT2D eigenvalue weighted by molar-refractivity contribution is 0.0568. The van der Waals surface area contributed by atoms with E-state index >= 15 is 0 Å². The number of nitrogens with one attached hydrogen (secondary N) is 1. The number of ether oxygens (including phenoxy) is 1. The minimum absolute atomic E-state index is 0.503. The van der Waals surface area contributed by atoms with Crippen LogP contribution in [0.25, 0.3) is 11.3 Å². The fourth-order valence-corrected chi connectivity index (χ4v) is 3.91. The predicted octanol–water partition coefficient (Wildman–Crippen LogP) is 4.43. The van der Waals surface area contributed by atoms with E-state index in [1.807, 2.05) is 23.0 Å². The Bertz CT molecular complexity index is 857. The lowest BCUT2D eigenvalue weighted by Crippen LogP contribution is -2.18. The van der Waals surface area contributed by atoms with Crippen LogP contribution in [0.5, 0.6) is 0 Å². The van der Waals surface area contributed by atoms with E-state index in [1.165, 1.54) is 36.8 Å². The average Bonchev–Trinajstić information content (AvgIpc) is 3.42. The Morgan fingerprint density at radius 1 is 1.07 bits per heavy atom. The van der Waals surface area contributed by atoms with Gasteiger partial charge in [0.2, 0.25) is 0 Å². The molecular weight excluding hydrogens is 360 g/mol. The Hall–Kier alpha value is -2.50. The van der Waals surface area contributed by atoms with Crippen molar-refractivity contribution in [2.75, 3.05) is 13.2 Å². The number of hydrogen-bond donors (Lipinski definition) is 1. The molecule has 0 aliphatic heterocycles. The van der Waals surface area contributed by atoms with E-state index in [1.54, 1.807) is 6.20 Å². The molecule has 152 valence electrons. The van der Waals surface area contributed by atoms with Crippen molar-refractivity contribution in [3.63, 3.8) is 0 Å². The van der Waals surface area contributed by atoms with Gasteiger partial charge >= 0.3 is 0 Å². The highest BCUT2D eigenvalue weighted by molar-refractivity contribution is 5.61. The number of pyridine rings is 1. The molecule has 0 spiro atoms. The first kappa shape index (κ1) is 19.8. The molecule has 1 aromatic carbocycles. The van der Waals surface area contributed by atoms with E-state index < -0.39 is 0 Å². The monoisotopic (exact) mass is 390 g/mol. The summed E-state index contributed by atoms with van der Waals surface area (Å²) in [5, 5.41) is 8.42. The first-order valence-corrected chi connectivity index (χ1v) is 10.7. The van der Waals surface area contributed by atoms with Crippen molar-refractivity contribution in [1.82, 2.24) is 20.1 Å². The van der Waals surface area contributed by atoms with Gasteiger partial charge in [0.25, 0.3) is 0 Å². The number of benzene rings is 1. The molecular formula is C24H30N4O. The lowest BCUT2D eigenvalue weighted by Gasteiger charge is -2.11. The third kappa shape index (κ3) is 5.75. The zero-order valence-corrected chi connectivity index (χ0v) is 17.0. The highest BCUT2D eigenvalue weighted by Crippen LogP contribution is 2.22. The first-order valence-electron chi connectivity index (χ1n) is 10.7. The zero-order chi connectivity index (χ0) is 19.7. The van der Waals surface area contributed by atoms with Crippen LogP contribution in [0.3, 0.4) is 0 Å². The summed E-state index contributed by atoms with van der Waals surface area (Å²) in [5.41, 5.74) is 4.51. The van der Waals surface area contributed by atoms with Crippen LogP contribution in [0.2, 0.25) is 0 Å². The van der Waals surface area contributed by atoms with Crippen molar-refractivity contribution in [2.24, 2.45) is 0 Å². The lowest BCUT2D eigenvalue weighted by atomic mass is 10.1. The van der Waals surface area contributed by atoms with E-state index in [4.69, 9.17) is 9.84 Å². The van der Waals surface area contributed by atoms with Crippen LogP contribution in [0.15, 0.2) is 61.1 Å². The first-order chi connectivity index (χ1) is 14.4. The summed E-state index contributed by atoms with van der Waals surface area (Å²) in [6.07, 6.45) is 12.5. The van der Waals surface area contributed by atoms with Gasteiger partial charge in [0, 0.05) is 42.9 Å². The normalized spacial score (nSPS) is 14.5. The van der Waals surface area contributed by atoms with E-state index in [9.17, 15) is 0 Å². The molecule has 2 heterocycles. The zero-order valence-electron chi connectivity index (χ0n) is 17.0. The molecule has 1 saturated carbocycles. The summed E-state index contributed by atoms with van der Waals surface area (Å²) in [6, 6.07) is 14.5. The summed E-state index contributed by atoms with van der Waals surface area (Å²) in [5.74, 6) is 0. The van der Waals surface area contributed by atoms with Gasteiger partial charge in [0.05, 0.1) is 18.3 Å².